The highest BCUT2D eigenvalue weighted by molar-refractivity contribution is 5.81. The molecule has 0 fully saturated rings. The Kier molecular flexibility index (Phi) is 10.8. The van der Waals surface area contributed by atoms with Crippen molar-refractivity contribution in [3.05, 3.63) is 48.6 Å². The van der Waals surface area contributed by atoms with Crippen LogP contribution in [-0.2, 0) is 20.7 Å². The molecular formula is C20H29NO4. The van der Waals surface area contributed by atoms with Gasteiger partial charge in [0.2, 0.25) is 0 Å². The average molecular weight is 347 g/mol. The van der Waals surface area contributed by atoms with Gasteiger partial charge in [0.05, 0.1) is 6.61 Å². The van der Waals surface area contributed by atoms with Gasteiger partial charge in [0, 0.05) is 6.42 Å². The molecule has 1 atom stereocenters. The number of esters is 1. The van der Waals surface area contributed by atoms with Gasteiger partial charge in [-0.3, -0.25) is 0 Å². The highest BCUT2D eigenvalue weighted by Gasteiger charge is 2.23. The molecular weight excluding hydrogens is 318 g/mol. The van der Waals surface area contributed by atoms with E-state index in [-0.39, 0.29) is 6.61 Å². The van der Waals surface area contributed by atoms with E-state index >= 15 is 0 Å². The zero-order chi connectivity index (χ0) is 18.3. The lowest BCUT2D eigenvalue weighted by molar-refractivity contribution is -0.146. The third kappa shape index (κ3) is 9.55. The first kappa shape index (κ1) is 20.7. The Morgan fingerprint density at radius 3 is 2.52 bits per heavy atom. The molecule has 1 aromatic rings. The van der Waals surface area contributed by atoms with Crippen molar-refractivity contribution in [2.24, 2.45) is 0 Å². The van der Waals surface area contributed by atoms with Crippen molar-refractivity contribution in [1.82, 2.24) is 5.32 Å². The van der Waals surface area contributed by atoms with Crippen molar-refractivity contribution >= 4 is 12.1 Å². The van der Waals surface area contributed by atoms with Gasteiger partial charge in [-0.05, 0) is 12.0 Å². The van der Waals surface area contributed by atoms with Gasteiger partial charge in [0.15, 0.2) is 0 Å². The van der Waals surface area contributed by atoms with Crippen LogP contribution in [0.5, 0.6) is 0 Å². The van der Waals surface area contributed by atoms with Crippen LogP contribution in [0.2, 0.25) is 0 Å². The molecule has 138 valence electrons. The number of hydrogen-bond acceptors (Lipinski definition) is 4. The van der Waals surface area contributed by atoms with Crippen molar-refractivity contribution in [3.63, 3.8) is 0 Å². The topological polar surface area (TPSA) is 64.6 Å². The van der Waals surface area contributed by atoms with Crippen LogP contribution in [0.1, 0.15) is 44.6 Å². The second-order valence-corrected chi connectivity index (χ2v) is 5.86. The maximum atomic E-state index is 12.3. The zero-order valence-corrected chi connectivity index (χ0v) is 15.0. The molecule has 0 aliphatic carbocycles. The lowest BCUT2D eigenvalue weighted by Gasteiger charge is -2.17. The van der Waals surface area contributed by atoms with E-state index in [0.717, 1.165) is 24.8 Å². The van der Waals surface area contributed by atoms with Crippen LogP contribution in [0.4, 0.5) is 4.79 Å². The van der Waals surface area contributed by atoms with E-state index < -0.39 is 18.1 Å². The second-order valence-electron chi connectivity index (χ2n) is 5.86. The summed E-state index contributed by atoms with van der Waals surface area (Å²) in [6.07, 6.45) is 6.58. The van der Waals surface area contributed by atoms with Gasteiger partial charge in [0.1, 0.15) is 12.6 Å². The quantitative estimate of drug-likeness (QED) is 0.352. The minimum atomic E-state index is -0.768. The molecule has 0 aromatic heterocycles. The molecule has 0 aliphatic heterocycles. The second kappa shape index (κ2) is 13.0. The Hall–Kier alpha value is -2.30. The molecule has 25 heavy (non-hydrogen) atoms. The summed E-state index contributed by atoms with van der Waals surface area (Å²) in [5, 5.41) is 2.58. The van der Waals surface area contributed by atoms with Gasteiger partial charge in [-0.2, -0.15) is 0 Å². The van der Waals surface area contributed by atoms with E-state index in [9.17, 15) is 9.59 Å². The van der Waals surface area contributed by atoms with Gasteiger partial charge in [-0.1, -0.05) is 75.6 Å². The summed E-state index contributed by atoms with van der Waals surface area (Å²) < 4.78 is 10.2. The Labute approximate surface area is 150 Å². The number of unbranched alkanes of at least 4 members (excludes halogenated alkanes) is 4. The number of hydrogen-bond donors (Lipinski definition) is 1. The molecule has 0 saturated heterocycles. The molecule has 0 bridgehead atoms. The van der Waals surface area contributed by atoms with Gasteiger partial charge in [-0.15, -0.1) is 0 Å². The van der Waals surface area contributed by atoms with Gasteiger partial charge in [-0.25, -0.2) is 9.59 Å². The SMILES string of the molecule is C=CCOC(=O)N[C@@H](Cc1ccccc1)C(=O)OCCCCCCC. The van der Waals surface area contributed by atoms with Crippen LogP contribution < -0.4 is 5.32 Å². The fourth-order valence-electron chi connectivity index (χ4n) is 2.34. The minimum absolute atomic E-state index is 0.0936. The minimum Gasteiger partial charge on any atom is -0.464 e. The third-order valence-electron chi connectivity index (χ3n) is 3.68. The number of carbonyl (C=O) groups excluding carboxylic acids is 2. The van der Waals surface area contributed by atoms with E-state index in [1.165, 1.54) is 18.9 Å². The van der Waals surface area contributed by atoms with Crippen LogP contribution in [-0.4, -0.2) is 31.3 Å². The van der Waals surface area contributed by atoms with Crippen LogP contribution >= 0.6 is 0 Å². The summed E-state index contributed by atoms with van der Waals surface area (Å²) in [4.78, 5) is 24.1. The lowest BCUT2D eigenvalue weighted by atomic mass is 10.1. The Bertz CT molecular complexity index is 516. The highest BCUT2D eigenvalue weighted by atomic mass is 16.6. The monoisotopic (exact) mass is 347 g/mol. The Morgan fingerprint density at radius 2 is 1.84 bits per heavy atom. The summed E-state index contributed by atoms with van der Waals surface area (Å²) in [6.45, 7) is 6.11. The van der Waals surface area contributed by atoms with Crippen molar-refractivity contribution < 1.29 is 19.1 Å². The summed E-state index contributed by atoms with van der Waals surface area (Å²) in [7, 11) is 0. The molecule has 0 aliphatic rings. The first-order chi connectivity index (χ1) is 12.2. The number of nitrogens with one attached hydrogen (secondary N) is 1. The van der Waals surface area contributed by atoms with Crippen molar-refractivity contribution in [2.75, 3.05) is 13.2 Å². The number of benzene rings is 1. The average Bonchev–Trinajstić information content (AvgIpc) is 2.63. The standard InChI is InChI=1S/C20H29NO4/c1-3-5-6-7-11-15-24-19(22)18(21-20(23)25-14-4-2)16-17-12-9-8-10-13-17/h4,8-10,12-13,18H,2-3,5-7,11,14-16H2,1H3,(H,21,23)/t18-/m0/s1. The predicted molar refractivity (Wildman–Crippen MR) is 98.3 cm³/mol. The maximum Gasteiger partial charge on any atom is 0.408 e. The molecule has 5 nitrogen and oxygen atoms in total. The first-order valence-corrected chi connectivity index (χ1v) is 8.92. The van der Waals surface area contributed by atoms with Crippen LogP contribution in [0.15, 0.2) is 43.0 Å². The highest BCUT2D eigenvalue weighted by Crippen LogP contribution is 2.07. The number of rotatable bonds is 12. The molecule has 0 spiro atoms. The van der Waals surface area contributed by atoms with Crippen molar-refractivity contribution in [1.29, 1.82) is 0 Å². The predicted octanol–water partition coefficient (Wildman–Crippen LogP) is 4.02. The van der Waals surface area contributed by atoms with Gasteiger partial charge >= 0.3 is 12.1 Å². The fraction of sp³-hybridized carbons (Fsp3) is 0.500. The number of ether oxygens (including phenoxy) is 2. The molecule has 1 aromatic carbocycles. The molecule has 0 unspecified atom stereocenters. The van der Waals surface area contributed by atoms with Gasteiger partial charge in [0.25, 0.3) is 0 Å². The summed E-state index contributed by atoms with van der Waals surface area (Å²) in [6, 6.07) is 8.72. The first-order valence-electron chi connectivity index (χ1n) is 8.92. The maximum absolute atomic E-state index is 12.3. The number of carbonyl (C=O) groups is 2. The fourth-order valence-corrected chi connectivity index (χ4v) is 2.34. The molecule has 1 N–H and O–H groups in total. The third-order valence-corrected chi connectivity index (χ3v) is 3.68. The van der Waals surface area contributed by atoms with E-state index in [1.54, 1.807) is 0 Å². The zero-order valence-electron chi connectivity index (χ0n) is 15.0. The Balaban J connectivity index is 2.52. The summed E-state index contributed by atoms with van der Waals surface area (Å²) in [5.41, 5.74) is 0.941. The van der Waals surface area contributed by atoms with Gasteiger partial charge < -0.3 is 14.8 Å². The van der Waals surface area contributed by atoms with Crippen LogP contribution in [0.25, 0.3) is 0 Å². The molecule has 0 heterocycles. The van der Waals surface area contributed by atoms with Crippen LogP contribution in [0, 0.1) is 0 Å². The largest absolute Gasteiger partial charge is 0.464 e. The van der Waals surface area contributed by atoms with E-state index in [0.29, 0.717) is 13.0 Å². The normalized spacial score (nSPS) is 11.4. The molecule has 0 radical (unpaired) electrons. The van der Waals surface area contributed by atoms with Crippen LogP contribution in [0.3, 0.4) is 0 Å². The molecule has 1 amide bonds. The van der Waals surface area contributed by atoms with E-state index in [2.05, 4.69) is 18.8 Å². The van der Waals surface area contributed by atoms with Crippen molar-refractivity contribution in [3.8, 4) is 0 Å². The lowest BCUT2D eigenvalue weighted by Crippen LogP contribution is -2.43. The smallest absolute Gasteiger partial charge is 0.408 e. The van der Waals surface area contributed by atoms with E-state index in [4.69, 9.17) is 9.47 Å². The number of amides is 1. The summed E-state index contributed by atoms with van der Waals surface area (Å²) in [5.74, 6) is -0.435. The number of alkyl carbamates (subject to hydrolysis) is 1. The molecule has 5 heteroatoms. The van der Waals surface area contributed by atoms with E-state index in [1.807, 2.05) is 30.3 Å². The van der Waals surface area contributed by atoms with Crippen molar-refractivity contribution in [2.45, 2.75) is 51.5 Å². The summed E-state index contributed by atoms with van der Waals surface area (Å²) >= 11 is 0. The molecule has 0 saturated carbocycles. The molecule has 1 rings (SSSR count). The Morgan fingerprint density at radius 1 is 1.12 bits per heavy atom.